The largest absolute Gasteiger partial charge is 0.469 e. The van der Waals surface area contributed by atoms with Crippen LogP contribution in [0, 0.1) is 29.1 Å². The van der Waals surface area contributed by atoms with E-state index < -0.39 is 35.0 Å². The molecule has 2 unspecified atom stereocenters. The van der Waals surface area contributed by atoms with Crippen molar-refractivity contribution < 1.29 is 38.2 Å². The molecule has 0 saturated heterocycles. The van der Waals surface area contributed by atoms with Crippen LogP contribution in [0.4, 0.5) is 0 Å². The smallest absolute Gasteiger partial charge is 0.331 e. The van der Waals surface area contributed by atoms with Gasteiger partial charge < -0.3 is 14.2 Å². The van der Waals surface area contributed by atoms with Crippen LogP contribution in [0.3, 0.4) is 0 Å². The first kappa shape index (κ1) is 29.5. The maximum absolute atomic E-state index is 13.4. The zero-order valence-electron chi connectivity index (χ0n) is 22.0. The number of hydrogen-bond acceptors (Lipinski definition) is 8. The minimum atomic E-state index is -2.12. The first-order chi connectivity index (χ1) is 17.3. The monoisotopic (exact) mass is 504 g/mol. The molecule has 2 fully saturated rings. The van der Waals surface area contributed by atoms with Crippen molar-refractivity contribution in [2.45, 2.75) is 71.1 Å². The molecular weight excluding hydrogens is 464 g/mol. The molecule has 2 rings (SSSR count). The molecule has 4 atom stereocenters. The fraction of sp³-hybridized carbons (Fsp3) is 0.679. The Kier molecular flexibility index (Phi) is 11.5. The van der Waals surface area contributed by atoms with Crippen LogP contribution in [0.15, 0.2) is 24.3 Å². The third-order valence-electron chi connectivity index (χ3n) is 7.58. The van der Waals surface area contributed by atoms with Gasteiger partial charge in [-0.05, 0) is 43.9 Å². The van der Waals surface area contributed by atoms with E-state index in [1.54, 1.807) is 0 Å². The van der Waals surface area contributed by atoms with Crippen LogP contribution in [0.5, 0.6) is 0 Å². The van der Waals surface area contributed by atoms with Gasteiger partial charge in [-0.25, -0.2) is 0 Å². The summed E-state index contributed by atoms with van der Waals surface area (Å²) in [5, 5.41) is 0. The molecule has 0 aromatic heterocycles. The van der Waals surface area contributed by atoms with Crippen LogP contribution in [0.2, 0.25) is 0 Å². The predicted octanol–water partition coefficient (Wildman–Crippen LogP) is 4.16. The quantitative estimate of drug-likeness (QED) is 0.121. The summed E-state index contributed by atoms with van der Waals surface area (Å²) in [6.45, 7) is 2.13. The van der Waals surface area contributed by atoms with Gasteiger partial charge in [0, 0.05) is 31.1 Å². The molecule has 200 valence electrons. The van der Waals surface area contributed by atoms with Crippen molar-refractivity contribution in [3.05, 3.63) is 24.3 Å². The number of hydrogen-bond donors (Lipinski definition) is 0. The number of fused-ring (bicyclic) bond motifs is 1. The maximum atomic E-state index is 13.4. The Morgan fingerprint density at radius 3 is 2.17 bits per heavy atom. The van der Waals surface area contributed by atoms with Crippen molar-refractivity contribution in [2.24, 2.45) is 29.1 Å². The molecule has 0 aromatic rings. The van der Waals surface area contributed by atoms with Crippen molar-refractivity contribution in [1.29, 1.82) is 0 Å². The van der Waals surface area contributed by atoms with Gasteiger partial charge >= 0.3 is 17.9 Å². The van der Waals surface area contributed by atoms with Crippen LogP contribution in [0.1, 0.15) is 71.1 Å². The average Bonchev–Trinajstić information content (AvgIpc) is 3.21. The van der Waals surface area contributed by atoms with E-state index in [4.69, 9.17) is 9.47 Å². The highest BCUT2D eigenvalue weighted by Crippen LogP contribution is 2.56. The van der Waals surface area contributed by atoms with Gasteiger partial charge in [-0.3, -0.25) is 24.0 Å². The van der Waals surface area contributed by atoms with Gasteiger partial charge in [0.05, 0.1) is 21.3 Å². The van der Waals surface area contributed by atoms with Crippen molar-refractivity contribution in [1.82, 2.24) is 0 Å². The van der Waals surface area contributed by atoms with E-state index in [1.807, 2.05) is 18.2 Å². The summed E-state index contributed by atoms with van der Waals surface area (Å²) in [7, 11) is 3.63. The topological polar surface area (TPSA) is 113 Å². The molecule has 36 heavy (non-hydrogen) atoms. The number of esters is 3. The van der Waals surface area contributed by atoms with E-state index in [2.05, 4.69) is 17.7 Å². The van der Waals surface area contributed by atoms with Crippen LogP contribution in [-0.2, 0) is 38.2 Å². The Labute approximate surface area is 213 Å². The first-order valence-electron chi connectivity index (χ1n) is 12.9. The second-order valence-electron chi connectivity index (χ2n) is 9.64. The number of Topliss-reactive ketones (excluding diaryl/α,β-unsaturated/α-hetero) is 2. The fourth-order valence-corrected chi connectivity index (χ4v) is 5.79. The summed E-state index contributed by atoms with van der Waals surface area (Å²) in [5.41, 5.74) is -2.12. The number of allylic oxidation sites excluding steroid dienone is 4. The Morgan fingerprint density at radius 2 is 1.56 bits per heavy atom. The lowest BCUT2D eigenvalue weighted by atomic mass is 9.56. The van der Waals surface area contributed by atoms with Gasteiger partial charge in [-0.2, -0.15) is 0 Å². The fourth-order valence-electron chi connectivity index (χ4n) is 5.79. The molecule has 0 aromatic carbocycles. The van der Waals surface area contributed by atoms with Crippen molar-refractivity contribution in [3.63, 3.8) is 0 Å². The number of methoxy groups -OCH3 is 3. The minimum Gasteiger partial charge on any atom is -0.469 e. The van der Waals surface area contributed by atoms with Gasteiger partial charge in [-0.15, -0.1) is 0 Å². The third-order valence-corrected chi connectivity index (χ3v) is 7.58. The zero-order chi connectivity index (χ0) is 26.7. The van der Waals surface area contributed by atoms with Gasteiger partial charge in [0.2, 0.25) is 5.41 Å². The second kappa shape index (κ2) is 14.1. The van der Waals surface area contributed by atoms with E-state index in [0.717, 1.165) is 39.9 Å². The van der Waals surface area contributed by atoms with Crippen LogP contribution >= 0.6 is 0 Å². The Hall–Kier alpha value is -2.77. The summed E-state index contributed by atoms with van der Waals surface area (Å²) in [4.78, 5) is 63.9. The highest BCUT2D eigenvalue weighted by molar-refractivity contribution is 6.21. The highest BCUT2D eigenvalue weighted by Gasteiger charge is 2.69. The van der Waals surface area contributed by atoms with E-state index in [-0.39, 0.29) is 36.4 Å². The normalized spacial score (nSPS) is 25.2. The number of rotatable bonds is 13. The number of ketones is 2. The van der Waals surface area contributed by atoms with E-state index >= 15 is 0 Å². The molecule has 2 aliphatic carbocycles. The van der Waals surface area contributed by atoms with E-state index in [0.29, 0.717) is 25.7 Å². The molecule has 0 amide bonds. The predicted molar refractivity (Wildman–Crippen MR) is 133 cm³/mol. The van der Waals surface area contributed by atoms with E-state index in [1.165, 1.54) is 7.11 Å². The molecule has 8 heteroatoms. The van der Waals surface area contributed by atoms with Gasteiger partial charge in [0.25, 0.3) is 0 Å². The molecule has 2 saturated carbocycles. The maximum Gasteiger partial charge on any atom is 0.331 e. The lowest BCUT2D eigenvalue weighted by Gasteiger charge is -2.43. The van der Waals surface area contributed by atoms with Crippen LogP contribution in [-0.4, -0.2) is 50.8 Å². The highest BCUT2D eigenvalue weighted by atomic mass is 16.5. The number of unbranched alkanes of at least 4 members (excludes halogenated alkanes) is 4. The summed E-state index contributed by atoms with van der Waals surface area (Å²) in [5.74, 6) is -4.64. The number of carbonyl (C=O) groups excluding carboxylic acids is 5. The summed E-state index contributed by atoms with van der Waals surface area (Å²) < 4.78 is 14.5. The molecule has 8 nitrogen and oxygen atoms in total. The molecular formula is C28H40O8. The second-order valence-corrected chi connectivity index (χ2v) is 9.64. The standard InChI is InChI=1S/C28H40O8/c1-5-6-7-8-11-14-19-17-23(30)28(26(32)35-3,27(33)36-4)21-18-22(29)20(25(19)21)15-12-9-10-13-16-24(31)34-2/h9,11-12,14,19-21,25H,5-8,10,13,15-18H2,1-4H3/b12-9-,14-11+/t19?,20-,21+,25?/m0/s1. The lowest BCUT2D eigenvalue weighted by molar-refractivity contribution is -0.182. The molecule has 0 radical (unpaired) electrons. The molecule has 0 heterocycles. The Morgan fingerprint density at radius 1 is 0.889 bits per heavy atom. The molecule has 0 N–H and O–H groups in total. The molecule has 0 bridgehead atoms. The Bertz CT molecular complexity index is 855. The summed E-state index contributed by atoms with van der Waals surface area (Å²) in [6, 6.07) is 0. The SMILES string of the molecule is CCCCC/C=C/C1CC(=O)C(C(=O)OC)(C(=O)OC)[C@@H]2CC(=O)[C@H](C/C=C\CCCC(=O)OC)C12. The van der Waals surface area contributed by atoms with Gasteiger partial charge in [0.15, 0.2) is 5.78 Å². The molecule has 0 spiro atoms. The first-order valence-corrected chi connectivity index (χ1v) is 12.9. The summed E-state index contributed by atoms with van der Waals surface area (Å²) in [6.07, 6.45) is 14.0. The van der Waals surface area contributed by atoms with Crippen molar-refractivity contribution >= 4 is 29.5 Å². The van der Waals surface area contributed by atoms with Gasteiger partial charge in [0.1, 0.15) is 5.78 Å². The van der Waals surface area contributed by atoms with Crippen LogP contribution < -0.4 is 0 Å². The third kappa shape index (κ3) is 6.31. The van der Waals surface area contributed by atoms with Crippen molar-refractivity contribution in [3.8, 4) is 0 Å². The Balaban J connectivity index is 2.33. The number of ether oxygens (including phenoxy) is 3. The average molecular weight is 505 g/mol. The zero-order valence-corrected chi connectivity index (χ0v) is 22.0. The van der Waals surface area contributed by atoms with Crippen molar-refractivity contribution in [2.75, 3.05) is 21.3 Å². The van der Waals surface area contributed by atoms with Crippen LogP contribution in [0.25, 0.3) is 0 Å². The lowest BCUT2D eigenvalue weighted by Crippen LogP contribution is -2.58. The number of carbonyl (C=O) groups is 5. The van der Waals surface area contributed by atoms with Gasteiger partial charge in [-0.1, -0.05) is 44.1 Å². The van der Waals surface area contributed by atoms with E-state index in [9.17, 15) is 24.0 Å². The molecule has 0 aliphatic heterocycles. The molecule has 2 aliphatic rings. The minimum absolute atomic E-state index is 0.0255. The summed E-state index contributed by atoms with van der Waals surface area (Å²) >= 11 is 0.